The highest BCUT2D eigenvalue weighted by molar-refractivity contribution is 7.92. The van der Waals surface area contributed by atoms with Gasteiger partial charge in [0.2, 0.25) is 5.91 Å². The van der Waals surface area contributed by atoms with Crippen LogP contribution in [0.25, 0.3) is 0 Å². The zero-order valence-corrected chi connectivity index (χ0v) is 17.0. The Bertz CT molecular complexity index is 1060. The summed E-state index contributed by atoms with van der Waals surface area (Å²) in [6.45, 7) is 5.24. The third-order valence-electron chi connectivity index (χ3n) is 4.01. The highest BCUT2D eigenvalue weighted by Crippen LogP contribution is 2.26. The second-order valence-corrected chi connectivity index (χ2v) is 9.01. The van der Waals surface area contributed by atoms with Crippen LogP contribution in [0.3, 0.4) is 0 Å². The fourth-order valence-electron chi connectivity index (χ4n) is 2.46. The molecule has 0 saturated carbocycles. The smallest absolute Gasteiger partial charge is 0.338 e. The molecular weight excluding hydrogens is 406 g/mol. The summed E-state index contributed by atoms with van der Waals surface area (Å²) in [6, 6.07) is 6.09. The normalized spacial score (nSPS) is 11.8. The standard InChI is InChI=1S/C19H20F2N2O5S/c1-19(2,3)18(26)23(4)11-5-7-12(8-6-11)29(27,28)22-16-10-14(20)13(17(24)25)9-15(16)21/h5-10,22H,1-4H3,(H,24,25). The van der Waals surface area contributed by atoms with Crippen molar-refractivity contribution in [2.24, 2.45) is 5.41 Å². The molecule has 7 nitrogen and oxygen atoms in total. The van der Waals surface area contributed by atoms with Gasteiger partial charge in [-0.05, 0) is 30.3 Å². The van der Waals surface area contributed by atoms with E-state index in [1.807, 2.05) is 4.72 Å². The molecule has 0 aromatic heterocycles. The van der Waals surface area contributed by atoms with E-state index in [1.165, 1.54) is 29.2 Å². The number of carbonyl (C=O) groups is 2. The Hall–Kier alpha value is -3.01. The van der Waals surface area contributed by atoms with Gasteiger partial charge in [0.25, 0.3) is 10.0 Å². The minimum atomic E-state index is -4.28. The van der Waals surface area contributed by atoms with E-state index in [1.54, 1.807) is 27.8 Å². The number of nitrogens with one attached hydrogen (secondary N) is 1. The van der Waals surface area contributed by atoms with Crippen molar-refractivity contribution < 1.29 is 31.9 Å². The van der Waals surface area contributed by atoms with Gasteiger partial charge in [0, 0.05) is 24.2 Å². The number of amides is 1. The molecular formula is C19H20F2N2O5S. The molecule has 0 aliphatic rings. The zero-order valence-electron chi connectivity index (χ0n) is 16.2. The highest BCUT2D eigenvalue weighted by atomic mass is 32.2. The first-order chi connectivity index (χ1) is 13.2. The molecule has 0 atom stereocenters. The largest absolute Gasteiger partial charge is 0.478 e. The first kappa shape index (κ1) is 22.3. The van der Waals surface area contributed by atoms with Crippen molar-refractivity contribution in [3.8, 4) is 0 Å². The molecule has 2 N–H and O–H groups in total. The molecule has 2 rings (SSSR count). The van der Waals surface area contributed by atoms with Gasteiger partial charge < -0.3 is 10.0 Å². The maximum atomic E-state index is 14.0. The van der Waals surface area contributed by atoms with Gasteiger partial charge in [-0.1, -0.05) is 20.8 Å². The molecule has 1 amide bonds. The minimum absolute atomic E-state index is 0.178. The van der Waals surface area contributed by atoms with E-state index in [-0.39, 0.29) is 10.8 Å². The summed E-state index contributed by atoms with van der Waals surface area (Å²) in [4.78, 5) is 24.3. The number of benzene rings is 2. The van der Waals surface area contributed by atoms with Crippen LogP contribution in [-0.4, -0.2) is 32.4 Å². The number of nitrogens with zero attached hydrogens (tertiary/aromatic N) is 1. The van der Waals surface area contributed by atoms with Crippen molar-refractivity contribution in [2.45, 2.75) is 25.7 Å². The van der Waals surface area contributed by atoms with E-state index in [9.17, 15) is 26.8 Å². The van der Waals surface area contributed by atoms with Crippen LogP contribution in [0.1, 0.15) is 31.1 Å². The lowest BCUT2D eigenvalue weighted by molar-refractivity contribution is -0.125. The zero-order chi connectivity index (χ0) is 22.1. The highest BCUT2D eigenvalue weighted by Gasteiger charge is 2.26. The summed E-state index contributed by atoms with van der Waals surface area (Å²) >= 11 is 0. The fraction of sp³-hybridized carbons (Fsp3) is 0.263. The molecule has 10 heteroatoms. The molecule has 0 bridgehead atoms. The molecule has 29 heavy (non-hydrogen) atoms. The maximum absolute atomic E-state index is 14.0. The van der Waals surface area contributed by atoms with Crippen LogP contribution in [-0.2, 0) is 14.8 Å². The van der Waals surface area contributed by atoms with Crippen LogP contribution in [0.15, 0.2) is 41.3 Å². The first-order valence-corrected chi connectivity index (χ1v) is 9.86. The number of carbonyl (C=O) groups excluding carboxylic acids is 1. The number of anilines is 2. The molecule has 0 fully saturated rings. The van der Waals surface area contributed by atoms with E-state index >= 15 is 0 Å². The van der Waals surface area contributed by atoms with Gasteiger partial charge in [-0.3, -0.25) is 9.52 Å². The predicted molar refractivity (Wildman–Crippen MR) is 103 cm³/mol. The number of aromatic carboxylic acids is 1. The van der Waals surface area contributed by atoms with Crippen LogP contribution < -0.4 is 9.62 Å². The quantitative estimate of drug-likeness (QED) is 0.762. The van der Waals surface area contributed by atoms with E-state index in [4.69, 9.17) is 5.11 Å². The molecule has 0 heterocycles. The summed E-state index contributed by atoms with van der Waals surface area (Å²) < 4.78 is 54.6. The van der Waals surface area contributed by atoms with Crippen LogP contribution >= 0.6 is 0 Å². The maximum Gasteiger partial charge on any atom is 0.338 e. The second-order valence-electron chi connectivity index (χ2n) is 7.33. The van der Waals surface area contributed by atoms with Gasteiger partial charge in [0.15, 0.2) is 0 Å². The Morgan fingerprint density at radius 1 is 1.03 bits per heavy atom. The van der Waals surface area contributed by atoms with Crippen LogP contribution in [0.4, 0.5) is 20.2 Å². The van der Waals surface area contributed by atoms with Crippen LogP contribution in [0.2, 0.25) is 0 Å². The molecule has 156 valence electrons. The second kappa shape index (κ2) is 7.78. The van der Waals surface area contributed by atoms with Crippen molar-refractivity contribution in [3.05, 3.63) is 53.6 Å². The number of carboxylic acids is 1. The molecule has 0 spiro atoms. The van der Waals surface area contributed by atoms with Gasteiger partial charge in [0.05, 0.1) is 16.1 Å². The number of hydrogen-bond donors (Lipinski definition) is 2. The minimum Gasteiger partial charge on any atom is -0.478 e. The summed E-state index contributed by atoms with van der Waals surface area (Å²) in [5, 5.41) is 8.78. The summed E-state index contributed by atoms with van der Waals surface area (Å²) in [5.74, 6) is -4.38. The molecule has 0 aliphatic carbocycles. The SMILES string of the molecule is CN(C(=O)C(C)(C)C)c1ccc(S(=O)(=O)Nc2cc(F)c(C(=O)O)cc2F)cc1. The third-order valence-corrected chi connectivity index (χ3v) is 5.39. The number of rotatable bonds is 5. The summed E-state index contributed by atoms with van der Waals surface area (Å²) in [7, 11) is -2.73. The van der Waals surface area contributed by atoms with Gasteiger partial charge >= 0.3 is 5.97 Å². The topological polar surface area (TPSA) is 104 Å². The Kier molecular flexibility index (Phi) is 5.98. The Morgan fingerprint density at radius 2 is 1.59 bits per heavy atom. The van der Waals surface area contributed by atoms with Gasteiger partial charge in [-0.2, -0.15) is 0 Å². The average molecular weight is 426 g/mol. The van der Waals surface area contributed by atoms with Gasteiger partial charge in [0.1, 0.15) is 11.6 Å². The number of sulfonamides is 1. The molecule has 2 aromatic carbocycles. The monoisotopic (exact) mass is 426 g/mol. The van der Waals surface area contributed by atoms with Crippen molar-refractivity contribution in [1.29, 1.82) is 0 Å². The van der Waals surface area contributed by atoms with Crippen molar-refractivity contribution in [3.63, 3.8) is 0 Å². The molecule has 0 saturated heterocycles. The number of halogens is 2. The van der Waals surface area contributed by atoms with E-state index in [0.717, 1.165) is 0 Å². The Labute approximate surface area is 167 Å². The predicted octanol–water partition coefficient (Wildman–Crippen LogP) is 3.47. The Morgan fingerprint density at radius 3 is 2.07 bits per heavy atom. The van der Waals surface area contributed by atoms with Crippen molar-refractivity contribution in [2.75, 3.05) is 16.7 Å². The lowest BCUT2D eigenvalue weighted by Gasteiger charge is -2.26. The molecule has 0 unspecified atom stereocenters. The van der Waals surface area contributed by atoms with Crippen molar-refractivity contribution in [1.82, 2.24) is 0 Å². The lowest BCUT2D eigenvalue weighted by atomic mass is 9.95. The van der Waals surface area contributed by atoms with Gasteiger partial charge in [-0.25, -0.2) is 22.0 Å². The first-order valence-electron chi connectivity index (χ1n) is 8.37. The number of carboxylic acid groups (broad SMARTS) is 1. The van der Waals surface area contributed by atoms with Crippen molar-refractivity contribution >= 4 is 33.3 Å². The molecule has 0 radical (unpaired) electrons. The van der Waals surface area contributed by atoms with E-state index in [0.29, 0.717) is 17.8 Å². The van der Waals surface area contributed by atoms with Crippen LogP contribution in [0.5, 0.6) is 0 Å². The summed E-state index contributed by atoms with van der Waals surface area (Å²) in [6.07, 6.45) is 0. The Balaban J connectivity index is 2.30. The summed E-state index contributed by atoms with van der Waals surface area (Å²) in [5.41, 5.74) is -1.82. The molecule has 2 aromatic rings. The third kappa shape index (κ3) is 4.89. The van der Waals surface area contributed by atoms with Gasteiger partial charge in [-0.15, -0.1) is 0 Å². The molecule has 0 aliphatic heterocycles. The van der Waals surface area contributed by atoms with Crippen LogP contribution in [0, 0.1) is 17.0 Å². The number of hydrogen-bond acceptors (Lipinski definition) is 4. The van der Waals surface area contributed by atoms with E-state index in [2.05, 4.69) is 0 Å². The van der Waals surface area contributed by atoms with E-state index < -0.39 is 44.3 Å². The average Bonchev–Trinajstić information content (AvgIpc) is 2.62. The lowest BCUT2D eigenvalue weighted by Crippen LogP contribution is -2.36. The fourth-order valence-corrected chi connectivity index (χ4v) is 3.52.